The van der Waals surface area contributed by atoms with E-state index in [2.05, 4.69) is 10.1 Å². The molecule has 1 saturated heterocycles. The van der Waals surface area contributed by atoms with Gasteiger partial charge in [-0.1, -0.05) is 0 Å². The van der Waals surface area contributed by atoms with Crippen LogP contribution in [0.1, 0.15) is 19.8 Å². The molecule has 1 aliphatic heterocycles. The number of carbonyl (C=O) groups excluding carboxylic acids is 2. The van der Waals surface area contributed by atoms with E-state index >= 15 is 0 Å². The van der Waals surface area contributed by atoms with Gasteiger partial charge in [0.15, 0.2) is 0 Å². The van der Waals surface area contributed by atoms with Gasteiger partial charge in [0.1, 0.15) is 0 Å². The number of methoxy groups -OCH3 is 1. The normalized spacial score (nSPS) is 22.7. The molecule has 1 heterocycles. The van der Waals surface area contributed by atoms with Gasteiger partial charge in [-0.3, -0.25) is 9.59 Å². The molecular formula is C11H18N2O5. The molecule has 18 heavy (non-hydrogen) atoms. The molecule has 2 N–H and O–H groups in total. The summed E-state index contributed by atoms with van der Waals surface area (Å²) in [5, 5.41) is 11.0. The predicted molar refractivity (Wildman–Crippen MR) is 61.9 cm³/mol. The maximum Gasteiger partial charge on any atom is 0.317 e. The van der Waals surface area contributed by atoms with Crippen LogP contribution < -0.4 is 5.32 Å². The molecule has 2 atom stereocenters. The van der Waals surface area contributed by atoms with Crippen LogP contribution in [0.5, 0.6) is 0 Å². The second-order valence-corrected chi connectivity index (χ2v) is 4.23. The van der Waals surface area contributed by atoms with E-state index in [1.807, 2.05) is 0 Å². The molecule has 0 aromatic carbocycles. The highest BCUT2D eigenvalue weighted by molar-refractivity contribution is 5.79. The lowest BCUT2D eigenvalue weighted by atomic mass is 10.0. The van der Waals surface area contributed by atoms with Crippen LogP contribution in [-0.2, 0) is 14.3 Å². The summed E-state index contributed by atoms with van der Waals surface area (Å²) in [5.41, 5.74) is 0. The van der Waals surface area contributed by atoms with Gasteiger partial charge in [0.05, 0.1) is 19.4 Å². The fraction of sp³-hybridized carbons (Fsp3) is 0.727. The Morgan fingerprint density at radius 1 is 1.44 bits per heavy atom. The van der Waals surface area contributed by atoms with Gasteiger partial charge in [-0.2, -0.15) is 0 Å². The molecule has 1 fully saturated rings. The topological polar surface area (TPSA) is 95.9 Å². The van der Waals surface area contributed by atoms with Crippen LogP contribution in [0, 0.1) is 5.92 Å². The summed E-state index contributed by atoms with van der Waals surface area (Å²) in [6.07, 6.45) is 0.453. The molecule has 0 radical (unpaired) electrons. The number of hydrogen-bond acceptors (Lipinski definition) is 4. The highest BCUT2D eigenvalue weighted by Crippen LogP contribution is 2.24. The molecule has 0 saturated carbocycles. The lowest BCUT2D eigenvalue weighted by Gasteiger charge is -2.23. The Morgan fingerprint density at radius 3 is 2.67 bits per heavy atom. The fourth-order valence-corrected chi connectivity index (χ4v) is 2.07. The number of nitrogens with one attached hydrogen (secondary N) is 1. The molecule has 102 valence electrons. The van der Waals surface area contributed by atoms with E-state index < -0.39 is 5.97 Å². The van der Waals surface area contributed by atoms with Crippen molar-refractivity contribution in [2.75, 3.05) is 20.2 Å². The molecule has 0 spiro atoms. The Kier molecular flexibility index (Phi) is 4.94. The third-order valence-corrected chi connectivity index (χ3v) is 3.13. The molecule has 7 nitrogen and oxygen atoms in total. The van der Waals surface area contributed by atoms with Crippen LogP contribution in [0.2, 0.25) is 0 Å². The molecule has 0 aromatic heterocycles. The van der Waals surface area contributed by atoms with Crippen LogP contribution in [0.3, 0.4) is 0 Å². The molecule has 1 aliphatic rings. The van der Waals surface area contributed by atoms with Crippen molar-refractivity contribution in [3.63, 3.8) is 0 Å². The van der Waals surface area contributed by atoms with Gasteiger partial charge in [-0.05, 0) is 13.3 Å². The first kappa shape index (κ1) is 14.3. The first-order valence-electron chi connectivity index (χ1n) is 5.81. The number of likely N-dealkylation sites (tertiary alicyclic amines) is 1. The Labute approximate surface area is 105 Å². The van der Waals surface area contributed by atoms with Crippen LogP contribution in [0.25, 0.3) is 0 Å². The highest BCUT2D eigenvalue weighted by atomic mass is 16.5. The van der Waals surface area contributed by atoms with Crippen molar-refractivity contribution in [3.8, 4) is 0 Å². The summed E-state index contributed by atoms with van der Waals surface area (Å²) < 4.78 is 4.67. The third-order valence-electron chi connectivity index (χ3n) is 3.13. The van der Waals surface area contributed by atoms with E-state index in [9.17, 15) is 14.4 Å². The molecule has 2 amide bonds. The van der Waals surface area contributed by atoms with Gasteiger partial charge in [0, 0.05) is 19.1 Å². The summed E-state index contributed by atoms with van der Waals surface area (Å²) in [6, 6.07) is -0.572. The first-order valence-corrected chi connectivity index (χ1v) is 5.81. The quantitative estimate of drug-likeness (QED) is 0.695. The molecule has 0 aromatic rings. The Hall–Kier alpha value is -1.79. The molecular weight excluding hydrogens is 240 g/mol. The van der Waals surface area contributed by atoms with Crippen LogP contribution in [-0.4, -0.2) is 54.2 Å². The lowest BCUT2D eigenvalue weighted by molar-refractivity contribution is -0.145. The van der Waals surface area contributed by atoms with Crippen molar-refractivity contribution < 1.29 is 24.2 Å². The summed E-state index contributed by atoms with van der Waals surface area (Å²) in [5.74, 6) is -1.58. The molecule has 0 bridgehead atoms. The van der Waals surface area contributed by atoms with Gasteiger partial charge < -0.3 is 20.1 Å². The van der Waals surface area contributed by atoms with E-state index in [1.165, 1.54) is 12.0 Å². The van der Waals surface area contributed by atoms with Crippen LogP contribution in [0.15, 0.2) is 0 Å². The summed E-state index contributed by atoms with van der Waals surface area (Å²) >= 11 is 0. The maximum atomic E-state index is 11.8. The van der Waals surface area contributed by atoms with E-state index in [4.69, 9.17) is 5.11 Å². The molecule has 7 heteroatoms. The number of urea groups is 1. The van der Waals surface area contributed by atoms with E-state index in [1.54, 1.807) is 6.92 Å². The lowest BCUT2D eigenvalue weighted by Crippen LogP contribution is -2.44. The van der Waals surface area contributed by atoms with Crippen molar-refractivity contribution in [3.05, 3.63) is 0 Å². The SMILES string of the molecule is COC(=O)C1CCN(C(=O)NCCC(=O)O)C1C. The summed E-state index contributed by atoms with van der Waals surface area (Å²) in [4.78, 5) is 35.1. The number of hydrogen-bond donors (Lipinski definition) is 2. The second-order valence-electron chi connectivity index (χ2n) is 4.23. The Bertz CT molecular complexity index is 344. The fourth-order valence-electron chi connectivity index (χ4n) is 2.07. The van der Waals surface area contributed by atoms with Gasteiger partial charge in [-0.15, -0.1) is 0 Å². The Morgan fingerprint density at radius 2 is 2.11 bits per heavy atom. The third kappa shape index (κ3) is 3.35. The smallest absolute Gasteiger partial charge is 0.317 e. The summed E-state index contributed by atoms with van der Waals surface area (Å²) in [6.45, 7) is 2.34. The van der Waals surface area contributed by atoms with Gasteiger partial charge >= 0.3 is 18.0 Å². The number of carboxylic acid groups (broad SMARTS) is 1. The monoisotopic (exact) mass is 258 g/mol. The summed E-state index contributed by atoms with van der Waals surface area (Å²) in [7, 11) is 1.32. The van der Waals surface area contributed by atoms with Gasteiger partial charge in [0.25, 0.3) is 0 Å². The number of aliphatic carboxylic acids is 1. The number of carbonyl (C=O) groups is 3. The van der Waals surface area contributed by atoms with Crippen LogP contribution >= 0.6 is 0 Å². The number of nitrogens with zero attached hydrogens (tertiary/aromatic N) is 1. The number of carboxylic acids is 1. The van der Waals surface area contributed by atoms with Crippen molar-refractivity contribution in [1.82, 2.24) is 10.2 Å². The maximum absolute atomic E-state index is 11.8. The number of esters is 1. The van der Waals surface area contributed by atoms with E-state index in [0.717, 1.165) is 0 Å². The highest BCUT2D eigenvalue weighted by Gasteiger charge is 2.38. The standard InChI is InChI=1S/C11H18N2O5/c1-7-8(10(16)18-2)4-6-13(7)11(17)12-5-3-9(14)15/h7-8H,3-6H2,1-2H3,(H,12,17)(H,14,15). The average Bonchev–Trinajstić information content (AvgIpc) is 2.69. The molecule has 2 unspecified atom stereocenters. The van der Waals surface area contributed by atoms with Crippen LogP contribution in [0.4, 0.5) is 4.79 Å². The first-order chi connectivity index (χ1) is 8.47. The zero-order chi connectivity index (χ0) is 13.7. The van der Waals surface area contributed by atoms with Crippen molar-refractivity contribution in [1.29, 1.82) is 0 Å². The minimum absolute atomic E-state index is 0.0836. The van der Waals surface area contributed by atoms with Gasteiger partial charge in [0.2, 0.25) is 0 Å². The predicted octanol–water partition coefficient (Wildman–Crippen LogP) is 0.0541. The second kappa shape index (κ2) is 6.23. The number of amides is 2. The van der Waals surface area contributed by atoms with E-state index in [0.29, 0.717) is 13.0 Å². The van der Waals surface area contributed by atoms with Gasteiger partial charge in [-0.25, -0.2) is 4.79 Å². The van der Waals surface area contributed by atoms with Crippen molar-refractivity contribution >= 4 is 18.0 Å². The number of rotatable bonds is 4. The van der Waals surface area contributed by atoms with E-state index in [-0.39, 0.29) is 36.9 Å². The average molecular weight is 258 g/mol. The number of ether oxygens (including phenoxy) is 1. The zero-order valence-electron chi connectivity index (χ0n) is 10.5. The zero-order valence-corrected chi connectivity index (χ0v) is 10.5. The minimum Gasteiger partial charge on any atom is -0.481 e. The minimum atomic E-state index is -0.961. The van der Waals surface area contributed by atoms with Crippen molar-refractivity contribution in [2.45, 2.75) is 25.8 Å². The van der Waals surface area contributed by atoms with Crippen molar-refractivity contribution in [2.24, 2.45) is 5.92 Å². The Balaban J connectivity index is 2.45. The molecule has 1 rings (SSSR count). The largest absolute Gasteiger partial charge is 0.481 e. The molecule has 0 aliphatic carbocycles.